The molecule has 4 heterocycles. The number of nitrogens with zero attached hydrogens (tertiary/aromatic N) is 6. The summed E-state index contributed by atoms with van der Waals surface area (Å²) in [6.07, 6.45) is 7.95. The highest BCUT2D eigenvalue weighted by Gasteiger charge is 2.28. The molecule has 10 heteroatoms. The molecule has 3 aromatic heterocycles. The molecular formula is C20H25N7O3. The van der Waals surface area contributed by atoms with Crippen molar-refractivity contribution in [1.82, 2.24) is 28.6 Å². The summed E-state index contributed by atoms with van der Waals surface area (Å²) in [4.78, 5) is 31.5. The van der Waals surface area contributed by atoms with Crippen LogP contribution in [0.2, 0.25) is 0 Å². The smallest absolute Gasteiger partial charge is 0.334 e. The number of aryl methyl sites for hydroxylation is 2. The second-order valence-corrected chi connectivity index (χ2v) is 7.28. The summed E-state index contributed by atoms with van der Waals surface area (Å²) in [5, 5.41) is 7.58. The van der Waals surface area contributed by atoms with Gasteiger partial charge in [0.15, 0.2) is 5.65 Å². The molecule has 10 nitrogen and oxygen atoms in total. The van der Waals surface area contributed by atoms with Crippen LogP contribution in [0.25, 0.3) is 5.65 Å². The fourth-order valence-electron chi connectivity index (χ4n) is 3.91. The van der Waals surface area contributed by atoms with Gasteiger partial charge in [0.05, 0.1) is 25.0 Å². The van der Waals surface area contributed by atoms with E-state index in [1.807, 2.05) is 6.92 Å². The minimum Gasteiger partial charge on any atom is -0.478 e. The molecule has 1 atom stereocenters. The first-order chi connectivity index (χ1) is 14.5. The number of fused-ring (bicyclic) bond motifs is 1. The summed E-state index contributed by atoms with van der Waals surface area (Å²) in [7, 11) is 3.36. The maximum Gasteiger partial charge on any atom is 0.334 e. The van der Waals surface area contributed by atoms with Crippen molar-refractivity contribution in [2.24, 2.45) is 7.05 Å². The predicted molar refractivity (Wildman–Crippen MR) is 112 cm³/mol. The van der Waals surface area contributed by atoms with Crippen molar-refractivity contribution < 1.29 is 9.53 Å². The van der Waals surface area contributed by atoms with E-state index in [0.717, 1.165) is 5.69 Å². The molecule has 1 aliphatic heterocycles. The van der Waals surface area contributed by atoms with Crippen molar-refractivity contribution in [2.75, 3.05) is 25.5 Å². The van der Waals surface area contributed by atoms with Crippen LogP contribution in [0.1, 0.15) is 25.1 Å². The standard InChI is InChI=1S/C20H25N7O3/c1-5-13-9-21-18-15(22-16-11-24(3)23-19(16)30-4)12-26(20(29)27(13)18)14-7-8-25(10-14)17(28)6-2/h6,9,11-12,14,22H,2,5,7-8,10H2,1,3-4H3. The molecule has 0 aliphatic carbocycles. The highest BCUT2D eigenvalue weighted by atomic mass is 16.5. The Bertz CT molecular complexity index is 1170. The number of carbonyl (C=O) groups is 1. The van der Waals surface area contributed by atoms with Gasteiger partial charge in [-0.2, -0.15) is 0 Å². The van der Waals surface area contributed by atoms with Crippen LogP contribution < -0.4 is 15.7 Å². The van der Waals surface area contributed by atoms with Crippen molar-refractivity contribution in [3.8, 4) is 5.88 Å². The molecule has 1 unspecified atom stereocenters. The Hall–Kier alpha value is -3.56. The number of imidazole rings is 1. The molecule has 1 fully saturated rings. The largest absolute Gasteiger partial charge is 0.478 e. The maximum absolute atomic E-state index is 13.3. The van der Waals surface area contributed by atoms with Crippen molar-refractivity contribution >= 4 is 22.9 Å². The molecule has 0 bridgehead atoms. The Labute approximate surface area is 173 Å². The third-order valence-corrected chi connectivity index (χ3v) is 5.42. The van der Waals surface area contributed by atoms with E-state index in [0.29, 0.717) is 48.8 Å². The van der Waals surface area contributed by atoms with E-state index in [1.165, 1.54) is 6.08 Å². The van der Waals surface area contributed by atoms with E-state index in [2.05, 4.69) is 22.0 Å². The Kier molecular flexibility index (Phi) is 5.06. The number of nitrogens with one attached hydrogen (secondary N) is 1. The number of hydrogen-bond donors (Lipinski definition) is 1. The number of anilines is 2. The highest BCUT2D eigenvalue weighted by molar-refractivity contribution is 5.87. The fraction of sp³-hybridized carbons (Fsp3) is 0.400. The molecule has 1 amide bonds. The molecular weight excluding hydrogens is 386 g/mol. The molecule has 1 N–H and O–H groups in total. The average Bonchev–Trinajstić information content (AvgIpc) is 3.47. The van der Waals surface area contributed by atoms with E-state index < -0.39 is 0 Å². The zero-order valence-corrected chi connectivity index (χ0v) is 17.3. The van der Waals surface area contributed by atoms with Gasteiger partial charge in [-0.1, -0.05) is 13.5 Å². The SMILES string of the molecule is C=CC(=O)N1CCC(n2cc(Nc3cn(C)nc3OC)c3ncc(CC)n3c2=O)C1. The lowest BCUT2D eigenvalue weighted by molar-refractivity contribution is -0.125. The summed E-state index contributed by atoms with van der Waals surface area (Å²) in [6, 6.07) is -0.130. The molecule has 0 spiro atoms. The van der Waals surface area contributed by atoms with Crippen LogP contribution in [0, 0.1) is 0 Å². The van der Waals surface area contributed by atoms with Gasteiger partial charge in [0.1, 0.15) is 5.69 Å². The molecule has 0 radical (unpaired) electrons. The van der Waals surface area contributed by atoms with Crippen LogP contribution in [-0.4, -0.2) is 54.7 Å². The Morgan fingerprint density at radius 1 is 1.40 bits per heavy atom. The van der Waals surface area contributed by atoms with E-state index >= 15 is 0 Å². The van der Waals surface area contributed by atoms with E-state index in [1.54, 1.807) is 51.3 Å². The normalized spacial score (nSPS) is 16.2. The van der Waals surface area contributed by atoms with Gasteiger partial charge in [0.25, 0.3) is 5.88 Å². The minimum atomic E-state index is -0.166. The summed E-state index contributed by atoms with van der Waals surface area (Å²) in [5.41, 5.74) is 2.52. The molecule has 30 heavy (non-hydrogen) atoms. The van der Waals surface area contributed by atoms with Gasteiger partial charge in [0, 0.05) is 38.2 Å². The van der Waals surface area contributed by atoms with Crippen molar-refractivity contribution in [1.29, 1.82) is 0 Å². The second-order valence-electron chi connectivity index (χ2n) is 7.28. The number of hydrogen-bond acceptors (Lipinski definition) is 6. The van der Waals surface area contributed by atoms with Gasteiger partial charge in [-0.05, 0) is 18.9 Å². The lowest BCUT2D eigenvalue weighted by Crippen LogP contribution is -2.33. The van der Waals surface area contributed by atoms with Gasteiger partial charge >= 0.3 is 5.69 Å². The third-order valence-electron chi connectivity index (χ3n) is 5.42. The van der Waals surface area contributed by atoms with Gasteiger partial charge in [-0.15, -0.1) is 5.10 Å². The van der Waals surface area contributed by atoms with Gasteiger partial charge in [-0.25, -0.2) is 14.2 Å². The van der Waals surface area contributed by atoms with Gasteiger partial charge in [0.2, 0.25) is 5.91 Å². The van der Waals surface area contributed by atoms with Crippen LogP contribution in [0.15, 0.2) is 36.0 Å². The maximum atomic E-state index is 13.3. The molecule has 1 saturated heterocycles. The number of methoxy groups -OCH3 is 1. The topological polar surface area (TPSA) is 98.7 Å². The molecule has 0 saturated carbocycles. The molecule has 1 aliphatic rings. The van der Waals surface area contributed by atoms with E-state index in [4.69, 9.17) is 4.74 Å². The van der Waals surface area contributed by atoms with Gasteiger partial charge in [-0.3, -0.25) is 14.0 Å². The summed E-state index contributed by atoms with van der Waals surface area (Å²) in [6.45, 7) is 6.59. The van der Waals surface area contributed by atoms with Crippen LogP contribution in [0.4, 0.5) is 11.4 Å². The van der Waals surface area contributed by atoms with Gasteiger partial charge < -0.3 is 15.0 Å². The number of ether oxygens (including phenoxy) is 1. The second kappa shape index (κ2) is 7.69. The monoisotopic (exact) mass is 411 g/mol. The van der Waals surface area contributed by atoms with Crippen molar-refractivity contribution in [3.63, 3.8) is 0 Å². The van der Waals surface area contributed by atoms with E-state index in [9.17, 15) is 9.59 Å². The lowest BCUT2D eigenvalue weighted by atomic mass is 10.2. The van der Waals surface area contributed by atoms with Crippen molar-refractivity contribution in [2.45, 2.75) is 25.8 Å². The van der Waals surface area contributed by atoms with Crippen LogP contribution >= 0.6 is 0 Å². The first-order valence-corrected chi connectivity index (χ1v) is 9.84. The Morgan fingerprint density at radius 3 is 2.90 bits per heavy atom. The zero-order chi connectivity index (χ0) is 21.4. The quantitative estimate of drug-likeness (QED) is 0.618. The fourth-order valence-corrected chi connectivity index (χ4v) is 3.91. The van der Waals surface area contributed by atoms with Crippen molar-refractivity contribution in [3.05, 3.63) is 47.4 Å². The number of likely N-dealkylation sites (tertiary alicyclic amines) is 1. The molecule has 4 rings (SSSR count). The number of rotatable bonds is 6. The number of carbonyl (C=O) groups excluding carboxylic acids is 1. The summed E-state index contributed by atoms with van der Waals surface area (Å²) >= 11 is 0. The lowest BCUT2D eigenvalue weighted by Gasteiger charge is -2.18. The number of amides is 1. The molecule has 0 aromatic carbocycles. The third kappa shape index (κ3) is 3.23. The highest BCUT2D eigenvalue weighted by Crippen LogP contribution is 2.29. The predicted octanol–water partition coefficient (Wildman–Crippen LogP) is 1.50. The summed E-state index contributed by atoms with van der Waals surface area (Å²) in [5.74, 6) is 0.321. The first kappa shape index (κ1) is 19.7. The Balaban J connectivity index is 1.81. The average molecular weight is 411 g/mol. The summed E-state index contributed by atoms with van der Waals surface area (Å²) < 4.78 is 10.3. The first-order valence-electron chi connectivity index (χ1n) is 9.84. The number of aromatic nitrogens is 5. The van der Waals surface area contributed by atoms with Crippen LogP contribution in [0.3, 0.4) is 0 Å². The minimum absolute atomic E-state index is 0.123. The van der Waals surface area contributed by atoms with Crippen LogP contribution in [-0.2, 0) is 18.3 Å². The van der Waals surface area contributed by atoms with Crippen LogP contribution in [0.5, 0.6) is 5.88 Å². The zero-order valence-electron chi connectivity index (χ0n) is 17.3. The Morgan fingerprint density at radius 2 is 2.20 bits per heavy atom. The van der Waals surface area contributed by atoms with E-state index in [-0.39, 0.29) is 17.6 Å². The molecule has 158 valence electrons. The molecule has 3 aromatic rings.